The molecule has 12 heavy (non-hydrogen) atoms. The number of hydrogen-bond donors (Lipinski definition) is 0. The molecule has 2 heterocycles. The number of esters is 1. The van der Waals surface area contributed by atoms with Crippen LogP contribution in [0.25, 0.3) is 0 Å². The quantitative estimate of drug-likeness (QED) is 0.599. The second-order valence-corrected chi connectivity index (χ2v) is 5.25. The Morgan fingerprint density at radius 2 is 2.58 bits per heavy atom. The van der Waals surface area contributed by atoms with E-state index in [-0.39, 0.29) is 5.97 Å². The van der Waals surface area contributed by atoms with Gasteiger partial charge in [0.2, 0.25) is 0 Å². The molecule has 1 atom stereocenters. The Morgan fingerprint density at radius 3 is 3.17 bits per heavy atom. The van der Waals surface area contributed by atoms with Gasteiger partial charge in [-0.1, -0.05) is 23.5 Å². The van der Waals surface area contributed by atoms with Crippen molar-refractivity contribution in [3.8, 4) is 0 Å². The van der Waals surface area contributed by atoms with E-state index in [9.17, 15) is 4.79 Å². The van der Waals surface area contributed by atoms with E-state index in [1.165, 1.54) is 0 Å². The van der Waals surface area contributed by atoms with Gasteiger partial charge in [0, 0.05) is 5.75 Å². The van der Waals surface area contributed by atoms with E-state index >= 15 is 0 Å². The lowest BCUT2D eigenvalue weighted by molar-refractivity contribution is -0.137. The molecule has 0 unspecified atom stereocenters. The number of cyclic esters (lactones) is 1. The summed E-state index contributed by atoms with van der Waals surface area (Å²) in [4.78, 5) is 15.0. The van der Waals surface area contributed by atoms with Crippen molar-refractivity contribution in [1.29, 1.82) is 0 Å². The maximum Gasteiger partial charge on any atom is 0.307 e. The van der Waals surface area contributed by atoms with Crippen molar-refractivity contribution in [2.45, 2.75) is 11.7 Å². The highest BCUT2D eigenvalue weighted by atomic mass is 32.2. The molecular weight excluding hydrogens is 194 g/mol. The topological polar surface area (TPSA) is 38.7 Å². The molecule has 3 nitrogen and oxygen atoms in total. The molecule has 5 heteroatoms. The van der Waals surface area contributed by atoms with E-state index in [1.54, 1.807) is 23.5 Å². The van der Waals surface area contributed by atoms with Crippen LogP contribution in [0.4, 0.5) is 0 Å². The van der Waals surface area contributed by atoms with Gasteiger partial charge in [-0.2, -0.15) is 0 Å². The average Bonchev–Trinajstić information content (AvgIpc) is 2.63. The number of nitrogens with zero attached hydrogens (tertiary/aromatic N) is 1. The Bertz CT molecular complexity index is 229. The Hall–Kier alpha value is -0.160. The van der Waals surface area contributed by atoms with Gasteiger partial charge < -0.3 is 4.74 Å². The van der Waals surface area contributed by atoms with Crippen molar-refractivity contribution < 1.29 is 9.53 Å². The van der Waals surface area contributed by atoms with Crippen LogP contribution in [0.15, 0.2) is 4.99 Å². The van der Waals surface area contributed by atoms with Crippen LogP contribution in [-0.2, 0) is 9.53 Å². The molecule has 2 rings (SSSR count). The number of ether oxygens (including phenoxy) is 1. The first-order valence-electron chi connectivity index (χ1n) is 3.84. The third-order valence-corrected chi connectivity index (χ3v) is 4.02. The SMILES string of the molecule is O=C1C[C@@H](SC2=NCCS2)CO1. The summed E-state index contributed by atoms with van der Waals surface area (Å²) in [6.45, 7) is 1.48. The highest BCUT2D eigenvalue weighted by Gasteiger charge is 2.26. The predicted molar refractivity (Wildman–Crippen MR) is 51.7 cm³/mol. The van der Waals surface area contributed by atoms with Gasteiger partial charge in [-0.25, -0.2) is 0 Å². The smallest absolute Gasteiger partial charge is 0.307 e. The van der Waals surface area contributed by atoms with Crippen molar-refractivity contribution in [2.24, 2.45) is 4.99 Å². The summed E-state index contributed by atoms with van der Waals surface area (Å²) in [7, 11) is 0. The van der Waals surface area contributed by atoms with Crippen molar-refractivity contribution in [3.05, 3.63) is 0 Å². The van der Waals surface area contributed by atoms with Gasteiger partial charge in [-0.3, -0.25) is 9.79 Å². The first-order chi connectivity index (χ1) is 5.84. The Labute approximate surface area is 79.3 Å². The van der Waals surface area contributed by atoms with Crippen molar-refractivity contribution in [1.82, 2.24) is 0 Å². The molecule has 0 radical (unpaired) electrons. The predicted octanol–water partition coefficient (Wildman–Crippen LogP) is 1.14. The number of aliphatic imine (C=N–C) groups is 1. The summed E-state index contributed by atoms with van der Waals surface area (Å²) in [6, 6.07) is 0. The summed E-state index contributed by atoms with van der Waals surface area (Å²) in [5.41, 5.74) is 0. The van der Waals surface area contributed by atoms with Gasteiger partial charge in [0.05, 0.1) is 18.2 Å². The zero-order valence-corrected chi connectivity index (χ0v) is 8.12. The molecule has 0 aromatic heterocycles. The molecule has 0 amide bonds. The van der Waals surface area contributed by atoms with Crippen LogP contribution >= 0.6 is 23.5 Å². The van der Waals surface area contributed by atoms with E-state index < -0.39 is 0 Å². The standard InChI is InChI=1S/C7H9NO2S2/c9-6-3-5(4-10-6)12-7-8-1-2-11-7/h5H,1-4H2/t5-/m1/s1. The zero-order chi connectivity index (χ0) is 8.39. The molecule has 1 fully saturated rings. The lowest BCUT2D eigenvalue weighted by Gasteiger charge is -2.03. The molecule has 0 aromatic carbocycles. The van der Waals surface area contributed by atoms with Crippen molar-refractivity contribution in [2.75, 3.05) is 18.9 Å². The fourth-order valence-electron chi connectivity index (χ4n) is 1.09. The Morgan fingerprint density at radius 1 is 1.67 bits per heavy atom. The fraction of sp³-hybridized carbons (Fsp3) is 0.714. The van der Waals surface area contributed by atoms with E-state index in [1.807, 2.05) is 0 Å². The second kappa shape index (κ2) is 3.70. The van der Waals surface area contributed by atoms with Crippen LogP contribution in [0.5, 0.6) is 0 Å². The fourth-order valence-corrected chi connectivity index (χ4v) is 3.37. The third kappa shape index (κ3) is 1.95. The summed E-state index contributed by atoms with van der Waals surface area (Å²) < 4.78 is 5.98. The molecule has 0 spiro atoms. The maximum absolute atomic E-state index is 10.7. The molecule has 2 aliphatic rings. The molecule has 0 N–H and O–H groups in total. The lowest BCUT2D eigenvalue weighted by Crippen LogP contribution is -2.03. The Balaban J connectivity index is 1.83. The minimum atomic E-state index is -0.0731. The number of carbonyl (C=O) groups excluding carboxylic acids is 1. The van der Waals surface area contributed by atoms with Crippen LogP contribution in [0.2, 0.25) is 0 Å². The van der Waals surface area contributed by atoms with Crippen molar-refractivity contribution >= 4 is 33.9 Å². The van der Waals surface area contributed by atoms with E-state index in [0.29, 0.717) is 18.3 Å². The van der Waals surface area contributed by atoms with E-state index in [0.717, 1.165) is 16.7 Å². The second-order valence-electron chi connectivity index (χ2n) is 2.62. The number of hydrogen-bond acceptors (Lipinski definition) is 5. The zero-order valence-electron chi connectivity index (χ0n) is 6.49. The minimum Gasteiger partial charge on any atom is -0.464 e. The molecule has 0 saturated carbocycles. The molecule has 0 bridgehead atoms. The maximum atomic E-state index is 10.7. The van der Waals surface area contributed by atoms with Crippen LogP contribution in [0.1, 0.15) is 6.42 Å². The molecule has 1 saturated heterocycles. The molecule has 0 aromatic rings. The van der Waals surface area contributed by atoms with Gasteiger partial charge in [0.15, 0.2) is 0 Å². The summed E-state index contributed by atoms with van der Waals surface area (Å²) in [6.07, 6.45) is 0.546. The van der Waals surface area contributed by atoms with Crippen molar-refractivity contribution in [3.63, 3.8) is 0 Å². The highest BCUT2D eigenvalue weighted by molar-refractivity contribution is 8.39. The highest BCUT2D eigenvalue weighted by Crippen LogP contribution is 2.29. The number of thioether (sulfide) groups is 2. The first-order valence-corrected chi connectivity index (χ1v) is 5.70. The first kappa shape index (κ1) is 8.44. The summed E-state index contributed by atoms with van der Waals surface area (Å²) >= 11 is 3.46. The molecule has 66 valence electrons. The summed E-state index contributed by atoms with van der Waals surface area (Å²) in [5.74, 6) is 1.01. The number of carbonyl (C=O) groups is 1. The van der Waals surface area contributed by atoms with Gasteiger partial charge >= 0.3 is 5.97 Å². The van der Waals surface area contributed by atoms with Gasteiger partial charge in [-0.15, -0.1) is 0 Å². The van der Waals surface area contributed by atoms with E-state index in [4.69, 9.17) is 4.74 Å². The van der Waals surface area contributed by atoms with Crippen LogP contribution in [0, 0.1) is 0 Å². The Kier molecular flexibility index (Phi) is 2.60. The molecule has 2 aliphatic heterocycles. The van der Waals surface area contributed by atoms with Crippen LogP contribution in [0.3, 0.4) is 0 Å². The summed E-state index contributed by atoms with van der Waals surface area (Å²) in [5, 5.41) is 0.307. The van der Waals surface area contributed by atoms with Crippen LogP contribution in [-0.4, -0.2) is 34.5 Å². The molecular formula is C7H9NO2S2. The monoisotopic (exact) mass is 203 g/mol. The molecule has 0 aliphatic carbocycles. The third-order valence-electron chi connectivity index (χ3n) is 1.65. The van der Waals surface area contributed by atoms with Gasteiger partial charge in [0.1, 0.15) is 11.0 Å². The normalized spacial score (nSPS) is 28.8. The lowest BCUT2D eigenvalue weighted by atomic mass is 10.4. The number of rotatable bonds is 1. The van der Waals surface area contributed by atoms with E-state index in [2.05, 4.69) is 4.99 Å². The van der Waals surface area contributed by atoms with Gasteiger partial charge in [0.25, 0.3) is 0 Å². The average molecular weight is 203 g/mol. The largest absolute Gasteiger partial charge is 0.464 e. The van der Waals surface area contributed by atoms with Crippen LogP contribution < -0.4 is 0 Å². The van der Waals surface area contributed by atoms with Gasteiger partial charge in [-0.05, 0) is 0 Å². The minimum absolute atomic E-state index is 0.0731.